The Morgan fingerprint density at radius 3 is 2.12 bits per heavy atom. The molecule has 1 aromatic rings. The Morgan fingerprint density at radius 2 is 1.75 bits per heavy atom. The summed E-state index contributed by atoms with van der Waals surface area (Å²) in [6, 6.07) is 8.03. The molecule has 1 aromatic carbocycles. The lowest BCUT2D eigenvalue weighted by Gasteiger charge is -2.28. The highest BCUT2D eigenvalue weighted by molar-refractivity contribution is 14.1. The number of benzene rings is 1. The number of carbonyl (C=O) groups excluding carboxylic acids is 1. The van der Waals surface area contributed by atoms with Gasteiger partial charge >= 0.3 is 0 Å². The number of halogens is 1. The first-order valence-electron chi connectivity index (χ1n) is 5.44. The van der Waals surface area contributed by atoms with E-state index in [2.05, 4.69) is 22.6 Å². The summed E-state index contributed by atoms with van der Waals surface area (Å²) in [6.45, 7) is 8.55. The molecule has 1 rings (SSSR count). The van der Waals surface area contributed by atoms with Gasteiger partial charge in [-0.15, -0.1) is 0 Å². The predicted octanol–water partition coefficient (Wildman–Crippen LogP) is 3.69. The molecule has 0 N–H and O–H groups in total. The second-order valence-electron chi connectivity index (χ2n) is 4.78. The second kappa shape index (κ2) is 5.17. The molecule has 0 aliphatic rings. The van der Waals surface area contributed by atoms with Gasteiger partial charge in [0.1, 0.15) is 0 Å². The number of amides is 1. The zero-order valence-electron chi connectivity index (χ0n) is 10.2. The molecule has 3 heteroatoms. The summed E-state index contributed by atoms with van der Waals surface area (Å²) in [5.74, 6) is 0.163. The molecule has 0 heterocycles. The fourth-order valence-corrected chi connectivity index (χ4v) is 1.83. The zero-order chi connectivity index (χ0) is 12.3. The molecule has 0 saturated carbocycles. The lowest BCUT2D eigenvalue weighted by atomic mass is 9.94. The number of hydrogen-bond donors (Lipinski definition) is 0. The quantitative estimate of drug-likeness (QED) is 0.757. The van der Waals surface area contributed by atoms with Gasteiger partial charge in [0.2, 0.25) is 5.91 Å². The number of rotatable bonds is 2. The lowest BCUT2D eigenvalue weighted by Crippen LogP contribution is -2.39. The molecular weight excluding hydrogens is 313 g/mol. The molecule has 16 heavy (non-hydrogen) atoms. The van der Waals surface area contributed by atoms with E-state index in [1.807, 2.05) is 56.9 Å². The largest absolute Gasteiger partial charge is 0.312 e. The van der Waals surface area contributed by atoms with E-state index >= 15 is 0 Å². The van der Waals surface area contributed by atoms with E-state index in [-0.39, 0.29) is 11.3 Å². The molecule has 0 unspecified atom stereocenters. The summed E-state index contributed by atoms with van der Waals surface area (Å²) in [4.78, 5) is 14.0. The van der Waals surface area contributed by atoms with Crippen LogP contribution >= 0.6 is 22.6 Å². The van der Waals surface area contributed by atoms with Crippen LogP contribution in [0, 0.1) is 8.99 Å². The van der Waals surface area contributed by atoms with Gasteiger partial charge in [0.15, 0.2) is 0 Å². The molecule has 1 amide bonds. The number of carbonyl (C=O) groups is 1. The normalized spacial score (nSPS) is 11.3. The summed E-state index contributed by atoms with van der Waals surface area (Å²) in [6.07, 6.45) is 0. The van der Waals surface area contributed by atoms with Crippen LogP contribution in [-0.4, -0.2) is 12.5 Å². The highest BCUT2D eigenvalue weighted by Gasteiger charge is 2.27. The molecular formula is C13H18INO. The highest BCUT2D eigenvalue weighted by atomic mass is 127. The van der Waals surface area contributed by atoms with Crippen molar-refractivity contribution in [3.8, 4) is 0 Å². The summed E-state index contributed by atoms with van der Waals surface area (Å²) in [5, 5.41) is 0. The minimum absolute atomic E-state index is 0.163. The topological polar surface area (TPSA) is 20.3 Å². The van der Waals surface area contributed by atoms with Gasteiger partial charge in [0.05, 0.1) is 0 Å². The Bertz CT molecular complexity index is 365. The maximum absolute atomic E-state index is 12.2. The first kappa shape index (κ1) is 13.5. The van der Waals surface area contributed by atoms with Gasteiger partial charge in [-0.3, -0.25) is 4.79 Å². The van der Waals surface area contributed by atoms with E-state index in [1.165, 1.54) is 3.57 Å². The molecule has 0 radical (unpaired) electrons. The minimum atomic E-state index is -0.334. The number of nitrogens with zero attached hydrogens (tertiary/aromatic N) is 1. The Hall–Kier alpha value is -0.580. The average Bonchev–Trinajstić information content (AvgIpc) is 2.20. The molecule has 0 bridgehead atoms. The third kappa shape index (κ3) is 3.20. The van der Waals surface area contributed by atoms with E-state index < -0.39 is 0 Å². The summed E-state index contributed by atoms with van der Waals surface area (Å²) in [7, 11) is 0. The van der Waals surface area contributed by atoms with Crippen LogP contribution in [0.4, 0.5) is 5.69 Å². The van der Waals surface area contributed by atoms with Crippen LogP contribution in [0.3, 0.4) is 0 Å². The fourth-order valence-electron chi connectivity index (χ4n) is 1.47. The van der Waals surface area contributed by atoms with E-state index in [0.717, 1.165) is 5.69 Å². The van der Waals surface area contributed by atoms with Gasteiger partial charge in [0.25, 0.3) is 0 Å². The van der Waals surface area contributed by atoms with Gasteiger partial charge in [-0.25, -0.2) is 0 Å². The van der Waals surface area contributed by atoms with E-state index in [1.54, 1.807) is 0 Å². The van der Waals surface area contributed by atoms with Crippen LogP contribution in [0.2, 0.25) is 0 Å². The Morgan fingerprint density at radius 1 is 1.25 bits per heavy atom. The maximum atomic E-state index is 12.2. The predicted molar refractivity (Wildman–Crippen MR) is 76.6 cm³/mol. The molecule has 88 valence electrons. The number of anilines is 1. The average molecular weight is 331 g/mol. The molecule has 0 spiro atoms. The second-order valence-corrected chi connectivity index (χ2v) is 6.02. The van der Waals surface area contributed by atoms with Crippen LogP contribution in [0.25, 0.3) is 0 Å². The van der Waals surface area contributed by atoms with Crippen LogP contribution in [-0.2, 0) is 4.79 Å². The van der Waals surface area contributed by atoms with Crippen molar-refractivity contribution in [2.75, 3.05) is 11.4 Å². The van der Waals surface area contributed by atoms with Crippen LogP contribution in [0.1, 0.15) is 27.7 Å². The first-order chi connectivity index (χ1) is 7.36. The molecule has 0 atom stereocenters. The highest BCUT2D eigenvalue weighted by Crippen LogP contribution is 2.23. The SMILES string of the molecule is CCN(C(=O)C(C)(C)C)c1ccc(I)cc1. The van der Waals surface area contributed by atoms with Gasteiger partial charge in [-0.2, -0.15) is 0 Å². The van der Waals surface area contributed by atoms with Crippen LogP contribution in [0.15, 0.2) is 24.3 Å². The van der Waals surface area contributed by atoms with E-state index in [4.69, 9.17) is 0 Å². The van der Waals surface area contributed by atoms with Crippen molar-refractivity contribution in [2.45, 2.75) is 27.7 Å². The van der Waals surface area contributed by atoms with Gasteiger partial charge < -0.3 is 4.90 Å². The molecule has 0 aliphatic heterocycles. The van der Waals surface area contributed by atoms with E-state index in [9.17, 15) is 4.79 Å². The Balaban J connectivity index is 2.99. The zero-order valence-corrected chi connectivity index (χ0v) is 12.4. The monoisotopic (exact) mass is 331 g/mol. The minimum Gasteiger partial charge on any atom is -0.312 e. The molecule has 2 nitrogen and oxygen atoms in total. The smallest absolute Gasteiger partial charge is 0.232 e. The molecule has 0 aliphatic carbocycles. The van der Waals surface area contributed by atoms with Gasteiger partial charge in [0, 0.05) is 21.2 Å². The van der Waals surface area contributed by atoms with Gasteiger partial charge in [-0.1, -0.05) is 20.8 Å². The van der Waals surface area contributed by atoms with Gasteiger partial charge in [-0.05, 0) is 53.8 Å². The molecule has 0 saturated heterocycles. The summed E-state index contributed by atoms with van der Waals surface area (Å²) in [5.41, 5.74) is 0.641. The number of hydrogen-bond acceptors (Lipinski definition) is 1. The van der Waals surface area contributed by atoms with Crippen molar-refractivity contribution >= 4 is 34.2 Å². The van der Waals surface area contributed by atoms with Crippen LogP contribution in [0.5, 0.6) is 0 Å². The summed E-state index contributed by atoms with van der Waals surface area (Å²) >= 11 is 2.26. The Labute approximate surface area is 111 Å². The Kier molecular flexibility index (Phi) is 4.35. The molecule has 0 aromatic heterocycles. The van der Waals surface area contributed by atoms with E-state index in [0.29, 0.717) is 6.54 Å². The van der Waals surface area contributed by atoms with Crippen molar-refractivity contribution < 1.29 is 4.79 Å². The van der Waals surface area contributed by atoms with Crippen molar-refractivity contribution in [1.29, 1.82) is 0 Å². The summed E-state index contributed by atoms with van der Waals surface area (Å²) < 4.78 is 1.18. The third-order valence-corrected chi connectivity index (χ3v) is 3.06. The first-order valence-corrected chi connectivity index (χ1v) is 6.51. The maximum Gasteiger partial charge on any atom is 0.232 e. The standard InChI is InChI=1S/C13H18INO/c1-5-15(12(16)13(2,3)4)11-8-6-10(14)7-9-11/h6-9H,5H2,1-4H3. The van der Waals surface area contributed by atoms with Crippen molar-refractivity contribution in [3.05, 3.63) is 27.8 Å². The van der Waals surface area contributed by atoms with Crippen molar-refractivity contribution in [2.24, 2.45) is 5.41 Å². The lowest BCUT2D eigenvalue weighted by molar-refractivity contribution is -0.125. The molecule has 0 fully saturated rings. The van der Waals surface area contributed by atoms with Crippen LogP contribution < -0.4 is 4.90 Å². The fraction of sp³-hybridized carbons (Fsp3) is 0.462. The van der Waals surface area contributed by atoms with Crippen molar-refractivity contribution in [3.63, 3.8) is 0 Å². The van der Waals surface area contributed by atoms with Crippen molar-refractivity contribution in [1.82, 2.24) is 0 Å². The third-order valence-electron chi connectivity index (χ3n) is 2.34.